The summed E-state index contributed by atoms with van der Waals surface area (Å²) in [6, 6.07) is 16.2. The van der Waals surface area contributed by atoms with Crippen molar-refractivity contribution < 1.29 is 9.59 Å². The standard InChI is InChI=1S/C18H18ClN3O2/c1-13(11-17(23)20-16-9-7-15(19)8-10-16)21-22-18(24)12-14-5-3-2-4-6-14/h2-10H,11-12H2,1H3,(H,20,23)(H,22,24). The summed E-state index contributed by atoms with van der Waals surface area (Å²) >= 11 is 5.79. The topological polar surface area (TPSA) is 70.6 Å². The van der Waals surface area contributed by atoms with Gasteiger partial charge in [0.05, 0.1) is 12.8 Å². The third-order valence-electron chi connectivity index (χ3n) is 3.12. The van der Waals surface area contributed by atoms with E-state index < -0.39 is 0 Å². The van der Waals surface area contributed by atoms with Gasteiger partial charge in [-0.05, 0) is 36.8 Å². The van der Waals surface area contributed by atoms with Crippen molar-refractivity contribution in [1.29, 1.82) is 0 Å². The first-order valence-electron chi connectivity index (χ1n) is 7.44. The normalized spacial score (nSPS) is 11.0. The molecule has 124 valence electrons. The van der Waals surface area contributed by atoms with Crippen LogP contribution in [0.3, 0.4) is 0 Å². The number of hydrogen-bond acceptors (Lipinski definition) is 3. The molecule has 2 aromatic carbocycles. The Hall–Kier alpha value is -2.66. The molecule has 0 aliphatic heterocycles. The average Bonchev–Trinajstić information content (AvgIpc) is 2.56. The van der Waals surface area contributed by atoms with Crippen LogP contribution in [0.1, 0.15) is 18.9 Å². The first-order chi connectivity index (χ1) is 11.5. The van der Waals surface area contributed by atoms with Crippen LogP contribution in [-0.2, 0) is 16.0 Å². The van der Waals surface area contributed by atoms with Crippen molar-refractivity contribution >= 4 is 34.8 Å². The number of hydrogen-bond donors (Lipinski definition) is 2. The van der Waals surface area contributed by atoms with E-state index >= 15 is 0 Å². The summed E-state index contributed by atoms with van der Waals surface area (Å²) in [5, 5.41) is 7.29. The molecule has 0 unspecified atom stereocenters. The minimum atomic E-state index is -0.223. The quantitative estimate of drug-likeness (QED) is 0.623. The van der Waals surface area contributed by atoms with Gasteiger partial charge in [-0.15, -0.1) is 0 Å². The second kappa shape index (κ2) is 8.84. The van der Waals surface area contributed by atoms with Crippen molar-refractivity contribution in [2.75, 3.05) is 5.32 Å². The molecule has 0 heterocycles. The van der Waals surface area contributed by atoms with Crippen molar-refractivity contribution in [3.05, 3.63) is 65.2 Å². The Morgan fingerprint density at radius 3 is 2.33 bits per heavy atom. The molecule has 5 nitrogen and oxygen atoms in total. The molecule has 0 aromatic heterocycles. The molecule has 0 aliphatic carbocycles. The fourth-order valence-corrected chi connectivity index (χ4v) is 2.11. The van der Waals surface area contributed by atoms with Gasteiger partial charge in [0.1, 0.15) is 0 Å². The number of amides is 2. The SMILES string of the molecule is CC(CC(=O)Nc1ccc(Cl)cc1)=NNC(=O)Cc1ccccc1. The molecule has 6 heteroatoms. The summed E-state index contributed by atoms with van der Waals surface area (Å²) < 4.78 is 0. The fraction of sp³-hybridized carbons (Fsp3) is 0.167. The maximum absolute atomic E-state index is 11.9. The maximum atomic E-state index is 11.9. The van der Waals surface area contributed by atoms with Crippen LogP contribution in [0.25, 0.3) is 0 Å². The summed E-state index contributed by atoms with van der Waals surface area (Å²) in [5.41, 5.74) is 4.54. The van der Waals surface area contributed by atoms with Gasteiger partial charge < -0.3 is 5.32 Å². The van der Waals surface area contributed by atoms with Gasteiger partial charge >= 0.3 is 0 Å². The van der Waals surface area contributed by atoms with Gasteiger partial charge in [-0.3, -0.25) is 9.59 Å². The lowest BCUT2D eigenvalue weighted by Crippen LogP contribution is -2.22. The highest BCUT2D eigenvalue weighted by Crippen LogP contribution is 2.13. The minimum absolute atomic E-state index is 0.0915. The van der Waals surface area contributed by atoms with Crippen molar-refractivity contribution in [3.63, 3.8) is 0 Å². The van der Waals surface area contributed by atoms with Gasteiger partial charge in [-0.2, -0.15) is 5.10 Å². The van der Waals surface area contributed by atoms with Crippen LogP contribution in [0.4, 0.5) is 5.69 Å². The molecule has 24 heavy (non-hydrogen) atoms. The summed E-state index contributed by atoms with van der Waals surface area (Å²) in [6.07, 6.45) is 0.336. The summed E-state index contributed by atoms with van der Waals surface area (Å²) in [5.74, 6) is -0.436. The van der Waals surface area contributed by atoms with Crippen molar-refractivity contribution in [3.8, 4) is 0 Å². The summed E-state index contributed by atoms with van der Waals surface area (Å²) in [6.45, 7) is 1.68. The van der Waals surface area contributed by atoms with E-state index in [1.54, 1.807) is 31.2 Å². The van der Waals surface area contributed by atoms with E-state index in [2.05, 4.69) is 15.8 Å². The molecule has 0 radical (unpaired) electrons. The van der Waals surface area contributed by atoms with Crippen molar-refractivity contribution in [1.82, 2.24) is 5.43 Å². The molecule has 0 atom stereocenters. The average molecular weight is 344 g/mol. The predicted molar refractivity (Wildman–Crippen MR) is 96.1 cm³/mol. The second-order valence-electron chi connectivity index (χ2n) is 5.28. The minimum Gasteiger partial charge on any atom is -0.326 e. The van der Waals surface area contributed by atoms with E-state index in [9.17, 15) is 9.59 Å². The third kappa shape index (κ3) is 6.22. The van der Waals surface area contributed by atoms with E-state index in [-0.39, 0.29) is 24.7 Å². The van der Waals surface area contributed by atoms with Crippen LogP contribution in [0.15, 0.2) is 59.7 Å². The molecule has 2 rings (SSSR count). The first kappa shape index (κ1) is 17.7. The molecule has 0 spiro atoms. The molecule has 0 fully saturated rings. The van der Waals surface area contributed by atoms with Gasteiger partial charge in [-0.1, -0.05) is 41.9 Å². The molecular formula is C18H18ClN3O2. The number of nitrogens with zero attached hydrogens (tertiary/aromatic N) is 1. The van der Waals surface area contributed by atoms with Crippen molar-refractivity contribution in [2.45, 2.75) is 19.8 Å². The monoisotopic (exact) mass is 343 g/mol. The smallest absolute Gasteiger partial charge is 0.244 e. The van der Waals surface area contributed by atoms with Crippen LogP contribution in [0.5, 0.6) is 0 Å². The Kier molecular flexibility index (Phi) is 6.51. The molecule has 2 amide bonds. The zero-order chi connectivity index (χ0) is 17.4. The number of anilines is 1. The zero-order valence-electron chi connectivity index (χ0n) is 13.3. The Bertz CT molecular complexity index is 728. The Morgan fingerprint density at radius 2 is 1.67 bits per heavy atom. The molecule has 0 saturated heterocycles. The number of carbonyl (C=O) groups excluding carboxylic acids is 2. The number of halogens is 1. The second-order valence-corrected chi connectivity index (χ2v) is 5.71. The lowest BCUT2D eigenvalue weighted by molar-refractivity contribution is -0.120. The highest BCUT2D eigenvalue weighted by molar-refractivity contribution is 6.30. The van der Waals surface area contributed by atoms with E-state index in [0.717, 1.165) is 5.56 Å². The van der Waals surface area contributed by atoms with Gasteiger partial charge in [0.25, 0.3) is 0 Å². The Labute approximate surface area is 145 Å². The van der Waals surface area contributed by atoms with Gasteiger partial charge in [-0.25, -0.2) is 5.43 Å². The molecular weight excluding hydrogens is 326 g/mol. The van der Waals surface area contributed by atoms with Crippen LogP contribution < -0.4 is 10.7 Å². The van der Waals surface area contributed by atoms with E-state index in [0.29, 0.717) is 16.4 Å². The Balaban J connectivity index is 1.79. The predicted octanol–water partition coefficient (Wildman–Crippen LogP) is 3.40. The summed E-state index contributed by atoms with van der Waals surface area (Å²) in [4.78, 5) is 23.7. The number of rotatable bonds is 6. The highest BCUT2D eigenvalue weighted by Gasteiger charge is 2.06. The van der Waals surface area contributed by atoms with Gasteiger partial charge in [0.15, 0.2) is 0 Å². The molecule has 0 saturated carbocycles. The van der Waals surface area contributed by atoms with Crippen LogP contribution in [0, 0.1) is 0 Å². The van der Waals surface area contributed by atoms with E-state index in [4.69, 9.17) is 11.6 Å². The van der Waals surface area contributed by atoms with E-state index in [1.807, 2.05) is 30.3 Å². The summed E-state index contributed by atoms with van der Waals surface area (Å²) in [7, 11) is 0. The lowest BCUT2D eigenvalue weighted by Gasteiger charge is -2.06. The number of benzene rings is 2. The number of hydrazone groups is 1. The van der Waals surface area contributed by atoms with Crippen LogP contribution in [0.2, 0.25) is 5.02 Å². The molecule has 0 bridgehead atoms. The third-order valence-corrected chi connectivity index (χ3v) is 3.38. The Morgan fingerprint density at radius 1 is 1.00 bits per heavy atom. The number of nitrogens with one attached hydrogen (secondary N) is 2. The molecule has 2 N–H and O–H groups in total. The van der Waals surface area contributed by atoms with Crippen molar-refractivity contribution in [2.24, 2.45) is 5.10 Å². The van der Waals surface area contributed by atoms with Gasteiger partial charge in [0.2, 0.25) is 11.8 Å². The lowest BCUT2D eigenvalue weighted by atomic mass is 10.1. The highest BCUT2D eigenvalue weighted by atomic mass is 35.5. The zero-order valence-corrected chi connectivity index (χ0v) is 14.0. The van der Waals surface area contributed by atoms with Crippen LogP contribution >= 0.6 is 11.6 Å². The van der Waals surface area contributed by atoms with Crippen LogP contribution in [-0.4, -0.2) is 17.5 Å². The molecule has 2 aromatic rings. The number of carbonyl (C=O) groups is 2. The van der Waals surface area contributed by atoms with Gasteiger partial charge in [0, 0.05) is 16.4 Å². The first-order valence-corrected chi connectivity index (χ1v) is 7.82. The van der Waals surface area contributed by atoms with E-state index in [1.165, 1.54) is 0 Å². The molecule has 0 aliphatic rings. The largest absolute Gasteiger partial charge is 0.326 e. The fourth-order valence-electron chi connectivity index (χ4n) is 1.99. The maximum Gasteiger partial charge on any atom is 0.244 e.